The quantitative estimate of drug-likeness (QED) is 0.911. The number of likely N-dealkylation sites (tertiary alicyclic amines) is 1. The fraction of sp³-hybridized carbons (Fsp3) is 0.412. The molecule has 0 saturated carbocycles. The van der Waals surface area contributed by atoms with Crippen molar-refractivity contribution in [2.45, 2.75) is 31.3 Å². The number of amides is 1. The highest BCUT2D eigenvalue weighted by Gasteiger charge is 2.47. The number of aromatic nitrogens is 1. The van der Waals surface area contributed by atoms with Gasteiger partial charge in [0.25, 0.3) is 0 Å². The van der Waals surface area contributed by atoms with E-state index >= 15 is 0 Å². The topological polar surface area (TPSA) is 56.7 Å². The average molecular weight is 299 g/mol. The summed E-state index contributed by atoms with van der Waals surface area (Å²) >= 11 is 0. The molecule has 1 aromatic rings. The van der Waals surface area contributed by atoms with Gasteiger partial charge in [-0.2, -0.15) is 0 Å². The molecule has 1 N–H and O–H groups in total. The number of pyridine rings is 1. The Bertz CT molecular complexity index is 585. The molecule has 0 spiro atoms. The Morgan fingerprint density at radius 1 is 1.23 bits per heavy atom. The van der Waals surface area contributed by atoms with Gasteiger partial charge in [-0.1, -0.05) is 24.6 Å². The smallest absolute Gasteiger partial charge is 0.409 e. The number of allylic oxidation sites excluding steroid dienone is 2. The highest BCUT2D eigenvalue weighted by Crippen LogP contribution is 2.40. The van der Waals surface area contributed by atoms with E-state index in [4.69, 9.17) is 0 Å². The van der Waals surface area contributed by atoms with Crippen LogP contribution in [0.4, 0.5) is 4.79 Å². The second-order valence-electron chi connectivity index (χ2n) is 5.70. The minimum atomic E-state index is -0.879. The molecule has 0 radical (unpaired) electrons. The Hall–Kier alpha value is -2.30. The first kappa shape index (κ1) is 14.6. The largest absolute Gasteiger partial charge is 0.465 e. The SMILES string of the molecule is O=C(O)N1CCCCCC1(c1ccccn1)N1C=CC=CC1. The summed E-state index contributed by atoms with van der Waals surface area (Å²) < 4.78 is 0. The number of nitrogens with zero attached hydrogens (tertiary/aromatic N) is 3. The molecule has 1 atom stereocenters. The van der Waals surface area contributed by atoms with Gasteiger partial charge in [-0.05, 0) is 37.5 Å². The molecular weight excluding hydrogens is 278 g/mol. The van der Waals surface area contributed by atoms with Gasteiger partial charge >= 0.3 is 6.09 Å². The molecule has 116 valence electrons. The molecule has 2 aliphatic heterocycles. The number of hydrogen-bond acceptors (Lipinski definition) is 3. The summed E-state index contributed by atoms with van der Waals surface area (Å²) in [6.07, 6.45) is 12.5. The zero-order valence-electron chi connectivity index (χ0n) is 12.6. The molecule has 0 aromatic carbocycles. The fourth-order valence-electron chi connectivity index (χ4n) is 3.45. The van der Waals surface area contributed by atoms with Gasteiger partial charge in [-0.25, -0.2) is 4.79 Å². The molecule has 1 amide bonds. The van der Waals surface area contributed by atoms with E-state index in [-0.39, 0.29) is 0 Å². The number of carboxylic acid groups (broad SMARTS) is 1. The van der Waals surface area contributed by atoms with Crippen LogP contribution in [-0.2, 0) is 5.66 Å². The molecule has 5 heteroatoms. The van der Waals surface area contributed by atoms with Crippen molar-refractivity contribution in [3.63, 3.8) is 0 Å². The van der Waals surface area contributed by atoms with E-state index in [1.54, 1.807) is 11.1 Å². The first-order valence-electron chi connectivity index (χ1n) is 7.77. The Balaban J connectivity index is 2.13. The second-order valence-corrected chi connectivity index (χ2v) is 5.70. The Labute approximate surface area is 130 Å². The van der Waals surface area contributed by atoms with Gasteiger partial charge in [0, 0.05) is 25.5 Å². The predicted molar refractivity (Wildman–Crippen MR) is 84.1 cm³/mol. The molecule has 3 heterocycles. The molecule has 22 heavy (non-hydrogen) atoms. The van der Waals surface area contributed by atoms with Crippen LogP contribution in [0.1, 0.15) is 31.4 Å². The van der Waals surface area contributed by atoms with E-state index in [0.717, 1.165) is 31.4 Å². The lowest BCUT2D eigenvalue weighted by molar-refractivity contribution is -0.0237. The van der Waals surface area contributed by atoms with Crippen LogP contribution < -0.4 is 0 Å². The molecule has 5 nitrogen and oxygen atoms in total. The van der Waals surface area contributed by atoms with Crippen molar-refractivity contribution >= 4 is 6.09 Å². The fourth-order valence-corrected chi connectivity index (χ4v) is 3.45. The van der Waals surface area contributed by atoms with Gasteiger partial charge in [0.15, 0.2) is 5.66 Å². The summed E-state index contributed by atoms with van der Waals surface area (Å²) in [6.45, 7) is 1.23. The van der Waals surface area contributed by atoms with Crippen LogP contribution in [0.15, 0.2) is 48.8 Å². The summed E-state index contributed by atoms with van der Waals surface area (Å²) in [5, 5.41) is 9.82. The normalized spacial score (nSPS) is 25.1. The predicted octanol–water partition coefficient (Wildman–Crippen LogP) is 3.17. The summed E-state index contributed by atoms with van der Waals surface area (Å²) in [7, 11) is 0. The van der Waals surface area contributed by atoms with E-state index in [9.17, 15) is 9.90 Å². The van der Waals surface area contributed by atoms with Gasteiger partial charge in [-0.15, -0.1) is 0 Å². The van der Waals surface area contributed by atoms with Crippen LogP contribution >= 0.6 is 0 Å². The summed E-state index contributed by atoms with van der Waals surface area (Å²) in [5.41, 5.74) is 0.0875. The van der Waals surface area contributed by atoms with Crippen LogP contribution in [0.3, 0.4) is 0 Å². The second kappa shape index (κ2) is 6.22. The Morgan fingerprint density at radius 3 is 2.82 bits per heavy atom. The van der Waals surface area contributed by atoms with Crippen LogP contribution in [0.2, 0.25) is 0 Å². The molecule has 1 saturated heterocycles. The van der Waals surface area contributed by atoms with Gasteiger partial charge in [0.2, 0.25) is 0 Å². The minimum Gasteiger partial charge on any atom is -0.465 e. The summed E-state index contributed by atoms with van der Waals surface area (Å²) in [6, 6.07) is 5.73. The van der Waals surface area contributed by atoms with Crippen molar-refractivity contribution in [3.8, 4) is 0 Å². The van der Waals surface area contributed by atoms with E-state index in [1.165, 1.54) is 0 Å². The molecule has 0 bridgehead atoms. The van der Waals surface area contributed by atoms with Crippen LogP contribution in [0.5, 0.6) is 0 Å². The van der Waals surface area contributed by atoms with Gasteiger partial charge < -0.3 is 10.0 Å². The maximum atomic E-state index is 12.0. The number of rotatable bonds is 2. The van der Waals surface area contributed by atoms with Crippen molar-refractivity contribution in [2.75, 3.05) is 13.1 Å². The molecule has 1 aromatic heterocycles. The zero-order valence-corrected chi connectivity index (χ0v) is 12.6. The molecule has 0 aliphatic carbocycles. The van der Waals surface area contributed by atoms with Gasteiger partial charge in [-0.3, -0.25) is 9.88 Å². The minimum absolute atomic E-state index is 0.542. The van der Waals surface area contributed by atoms with Crippen molar-refractivity contribution in [2.24, 2.45) is 0 Å². The summed E-state index contributed by atoms with van der Waals surface area (Å²) in [5.74, 6) is 0. The van der Waals surface area contributed by atoms with Gasteiger partial charge in [0.1, 0.15) is 0 Å². The lowest BCUT2D eigenvalue weighted by atomic mass is 9.94. The van der Waals surface area contributed by atoms with Crippen molar-refractivity contribution in [1.82, 2.24) is 14.8 Å². The van der Waals surface area contributed by atoms with Crippen LogP contribution in [0, 0.1) is 0 Å². The maximum absolute atomic E-state index is 12.0. The first-order valence-corrected chi connectivity index (χ1v) is 7.77. The molecule has 3 rings (SSSR count). The maximum Gasteiger partial charge on any atom is 0.409 e. The Kier molecular flexibility index (Phi) is 4.13. The lowest BCUT2D eigenvalue weighted by Crippen LogP contribution is -2.58. The molecule has 1 fully saturated rings. The van der Waals surface area contributed by atoms with E-state index in [2.05, 4.69) is 16.0 Å². The third kappa shape index (κ3) is 2.47. The molecule has 2 aliphatic rings. The first-order chi connectivity index (χ1) is 10.7. The average Bonchev–Trinajstić information content (AvgIpc) is 2.80. The summed E-state index contributed by atoms with van der Waals surface area (Å²) in [4.78, 5) is 20.2. The van der Waals surface area contributed by atoms with Crippen molar-refractivity contribution < 1.29 is 9.90 Å². The van der Waals surface area contributed by atoms with E-state index in [0.29, 0.717) is 13.1 Å². The van der Waals surface area contributed by atoms with Crippen molar-refractivity contribution in [1.29, 1.82) is 0 Å². The third-order valence-electron chi connectivity index (χ3n) is 4.45. The molecule has 1 unspecified atom stereocenters. The monoisotopic (exact) mass is 299 g/mol. The van der Waals surface area contributed by atoms with Gasteiger partial charge in [0.05, 0.1) is 5.69 Å². The van der Waals surface area contributed by atoms with Crippen molar-refractivity contribution in [3.05, 3.63) is 54.5 Å². The lowest BCUT2D eigenvalue weighted by Gasteiger charge is -2.48. The van der Waals surface area contributed by atoms with E-state index < -0.39 is 11.8 Å². The standard InChI is InChI=1S/C17H21N3O2/c21-16(22)20-14-8-1-4-10-17(20,15-9-3-5-11-18-15)19-12-6-2-7-13-19/h2-3,5-7,9,11-12H,1,4,8,10,13-14H2,(H,21,22). The highest BCUT2D eigenvalue weighted by atomic mass is 16.4. The Morgan fingerprint density at radius 2 is 2.14 bits per heavy atom. The third-order valence-corrected chi connectivity index (χ3v) is 4.45. The number of hydrogen-bond donors (Lipinski definition) is 1. The molecular formula is C17H21N3O2. The number of carbonyl (C=O) groups is 1. The van der Waals surface area contributed by atoms with Crippen LogP contribution in [-0.4, -0.2) is 39.1 Å². The highest BCUT2D eigenvalue weighted by molar-refractivity contribution is 5.66. The zero-order chi connectivity index (χ0) is 15.4. The van der Waals surface area contributed by atoms with E-state index in [1.807, 2.05) is 36.6 Å². The van der Waals surface area contributed by atoms with Crippen LogP contribution in [0.25, 0.3) is 0 Å².